The quantitative estimate of drug-likeness (QED) is 0.394. The van der Waals surface area contributed by atoms with E-state index in [2.05, 4.69) is 15.3 Å². The maximum Gasteiger partial charge on any atom is 0.412 e. The van der Waals surface area contributed by atoms with Crippen LogP contribution < -0.4 is 10.1 Å². The minimum atomic E-state index is -1.68. The summed E-state index contributed by atoms with van der Waals surface area (Å²) in [7, 11) is 4.06. The number of benzene rings is 1. The van der Waals surface area contributed by atoms with E-state index < -0.39 is 9.89 Å². The van der Waals surface area contributed by atoms with Gasteiger partial charge in [0.2, 0.25) is 3.79 Å². The zero-order valence-corrected chi connectivity index (χ0v) is 20.7. The number of hydrogen-bond donors (Lipinski definition) is 1. The predicted molar refractivity (Wildman–Crippen MR) is 126 cm³/mol. The average Bonchev–Trinajstić information content (AvgIpc) is 3.07. The Balaban J connectivity index is 2.16. The van der Waals surface area contributed by atoms with Crippen LogP contribution in [0.3, 0.4) is 0 Å². The van der Waals surface area contributed by atoms with E-state index >= 15 is 0 Å². The molecule has 0 aliphatic rings. The van der Waals surface area contributed by atoms with Crippen molar-refractivity contribution >= 4 is 46.7 Å². The number of amides is 1. The molecule has 172 valence electrons. The number of halogens is 3. The summed E-state index contributed by atoms with van der Waals surface area (Å²) in [5.74, 6) is 1.21. The van der Waals surface area contributed by atoms with Crippen LogP contribution in [0.5, 0.6) is 5.75 Å². The molecule has 0 spiro atoms. The van der Waals surface area contributed by atoms with Crippen LogP contribution in [0.1, 0.15) is 32.9 Å². The smallest absolute Gasteiger partial charge is 0.412 e. The summed E-state index contributed by atoms with van der Waals surface area (Å²) in [4.78, 5) is 14.3. The Morgan fingerprint density at radius 3 is 2.35 bits per heavy atom. The molecule has 0 saturated carbocycles. The van der Waals surface area contributed by atoms with Gasteiger partial charge in [0.25, 0.3) is 0 Å². The minimum absolute atomic E-state index is 0.224. The molecule has 1 amide bonds. The van der Waals surface area contributed by atoms with Crippen LogP contribution in [-0.2, 0) is 10.2 Å². The van der Waals surface area contributed by atoms with E-state index in [1.807, 2.05) is 59.1 Å². The second-order valence-electron chi connectivity index (χ2n) is 8.39. The van der Waals surface area contributed by atoms with Crippen molar-refractivity contribution in [3.63, 3.8) is 0 Å². The molecule has 0 radical (unpaired) electrons. The molecule has 2 aromatic rings. The van der Waals surface area contributed by atoms with Crippen LogP contribution in [0.2, 0.25) is 0 Å². The number of ether oxygens (including phenoxy) is 2. The van der Waals surface area contributed by atoms with Crippen LogP contribution in [0.15, 0.2) is 30.3 Å². The van der Waals surface area contributed by atoms with Crippen molar-refractivity contribution in [2.24, 2.45) is 0 Å². The number of nitrogens with zero attached hydrogens (tertiary/aromatic N) is 3. The van der Waals surface area contributed by atoms with E-state index in [4.69, 9.17) is 44.3 Å². The summed E-state index contributed by atoms with van der Waals surface area (Å²) in [6.07, 6.45) is 0.196. The molecule has 0 aliphatic heterocycles. The molecule has 0 unspecified atom stereocenters. The number of nitrogens with one attached hydrogen (secondary N) is 1. The molecule has 1 aromatic heterocycles. The molecule has 0 bridgehead atoms. The van der Waals surface area contributed by atoms with Gasteiger partial charge in [0.1, 0.15) is 18.2 Å². The largest absolute Gasteiger partial charge is 0.494 e. The second kappa shape index (κ2) is 10.8. The van der Waals surface area contributed by atoms with Crippen LogP contribution >= 0.6 is 34.8 Å². The van der Waals surface area contributed by atoms with Crippen molar-refractivity contribution in [3.8, 4) is 11.4 Å². The molecule has 10 heteroatoms. The number of rotatable bonds is 8. The average molecular weight is 492 g/mol. The van der Waals surface area contributed by atoms with Gasteiger partial charge >= 0.3 is 6.09 Å². The summed E-state index contributed by atoms with van der Waals surface area (Å²) < 4.78 is 10.7. The normalized spacial score (nSPS) is 12.2. The molecule has 7 nitrogen and oxygen atoms in total. The van der Waals surface area contributed by atoms with E-state index in [9.17, 15) is 4.79 Å². The predicted octanol–water partition coefficient (Wildman–Crippen LogP) is 5.42. The Morgan fingerprint density at radius 1 is 1.16 bits per heavy atom. The van der Waals surface area contributed by atoms with Crippen molar-refractivity contribution in [2.75, 3.05) is 39.2 Å². The number of anilines is 1. The standard InChI is InChI=1S/C21H29Cl3N4O3/c1-20(2,3)17-13-18(25-19(29)31-14-21(22,23)24)28(26-17)15-7-9-16(10-8-15)30-12-6-11-27(4)5/h7-10,13H,6,11-12,14H2,1-5H3,(H,25,29). The van der Waals surface area contributed by atoms with E-state index in [1.54, 1.807) is 10.7 Å². The maximum atomic E-state index is 12.2. The first-order chi connectivity index (χ1) is 14.3. The summed E-state index contributed by atoms with van der Waals surface area (Å²) >= 11 is 16.9. The van der Waals surface area contributed by atoms with Gasteiger partial charge in [-0.25, -0.2) is 9.48 Å². The SMILES string of the molecule is CN(C)CCCOc1ccc(-n2nc(C(C)(C)C)cc2NC(=O)OCC(Cl)(Cl)Cl)cc1. The number of hydrogen-bond acceptors (Lipinski definition) is 5. The first kappa shape index (κ1) is 25.6. The van der Waals surface area contributed by atoms with Crippen LogP contribution in [0, 0.1) is 0 Å². The van der Waals surface area contributed by atoms with E-state index in [0.717, 1.165) is 30.1 Å². The molecular formula is C21H29Cl3N4O3. The third kappa shape index (κ3) is 8.77. The van der Waals surface area contributed by atoms with Crippen LogP contribution in [-0.4, -0.2) is 58.4 Å². The lowest BCUT2D eigenvalue weighted by atomic mass is 9.92. The van der Waals surface area contributed by atoms with Gasteiger partial charge in [0, 0.05) is 18.0 Å². The van der Waals surface area contributed by atoms with Crippen LogP contribution in [0.25, 0.3) is 5.69 Å². The first-order valence-electron chi connectivity index (χ1n) is 9.84. The van der Waals surface area contributed by atoms with Gasteiger partial charge < -0.3 is 14.4 Å². The molecular weight excluding hydrogens is 463 g/mol. The molecule has 1 N–H and O–H groups in total. The summed E-state index contributed by atoms with van der Waals surface area (Å²) in [5, 5.41) is 7.33. The molecule has 1 heterocycles. The lowest BCUT2D eigenvalue weighted by Crippen LogP contribution is -2.22. The molecule has 0 saturated heterocycles. The fourth-order valence-corrected chi connectivity index (χ4v) is 2.74. The molecule has 31 heavy (non-hydrogen) atoms. The van der Waals surface area contributed by atoms with Crippen molar-refractivity contribution in [3.05, 3.63) is 36.0 Å². The summed E-state index contributed by atoms with van der Waals surface area (Å²) in [6.45, 7) is 7.34. The highest BCUT2D eigenvalue weighted by Gasteiger charge is 2.24. The van der Waals surface area contributed by atoms with Gasteiger partial charge in [-0.3, -0.25) is 5.32 Å². The van der Waals surface area contributed by atoms with Gasteiger partial charge in [0.15, 0.2) is 0 Å². The van der Waals surface area contributed by atoms with E-state index in [0.29, 0.717) is 12.4 Å². The Morgan fingerprint density at radius 2 is 1.81 bits per heavy atom. The number of aromatic nitrogens is 2. The molecule has 0 aliphatic carbocycles. The number of carbonyl (C=O) groups is 1. The summed E-state index contributed by atoms with van der Waals surface area (Å²) in [5.41, 5.74) is 1.33. The Bertz CT molecular complexity index is 856. The fraction of sp³-hybridized carbons (Fsp3) is 0.524. The molecule has 0 atom stereocenters. The van der Waals surface area contributed by atoms with Crippen molar-refractivity contribution < 1.29 is 14.3 Å². The van der Waals surface area contributed by atoms with Gasteiger partial charge in [-0.1, -0.05) is 55.6 Å². The highest BCUT2D eigenvalue weighted by Crippen LogP contribution is 2.28. The fourth-order valence-electron chi connectivity index (χ4n) is 2.58. The lowest BCUT2D eigenvalue weighted by molar-refractivity contribution is 0.163. The Hall–Kier alpha value is -1.67. The topological polar surface area (TPSA) is 68.6 Å². The van der Waals surface area contributed by atoms with Crippen LogP contribution in [0.4, 0.5) is 10.6 Å². The number of alkyl halides is 3. The summed E-state index contributed by atoms with van der Waals surface area (Å²) in [6, 6.07) is 9.28. The van der Waals surface area contributed by atoms with Gasteiger partial charge in [-0.2, -0.15) is 5.10 Å². The van der Waals surface area contributed by atoms with Gasteiger partial charge in [-0.15, -0.1) is 0 Å². The van der Waals surface area contributed by atoms with Gasteiger partial charge in [0.05, 0.1) is 18.0 Å². The Labute approximate surface area is 198 Å². The first-order valence-corrected chi connectivity index (χ1v) is 11.0. The van der Waals surface area contributed by atoms with E-state index in [-0.39, 0.29) is 12.0 Å². The lowest BCUT2D eigenvalue weighted by Gasteiger charge is -2.14. The third-order valence-corrected chi connectivity index (χ3v) is 4.50. The van der Waals surface area contributed by atoms with Crippen molar-refractivity contribution in [2.45, 2.75) is 36.4 Å². The maximum absolute atomic E-state index is 12.2. The number of carbonyl (C=O) groups excluding carboxylic acids is 1. The zero-order valence-electron chi connectivity index (χ0n) is 18.4. The highest BCUT2D eigenvalue weighted by atomic mass is 35.6. The second-order valence-corrected chi connectivity index (χ2v) is 10.9. The molecule has 2 rings (SSSR count). The zero-order chi connectivity index (χ0) is 23.2. The van der Waals surface area contributed by atoms with Crippen molar-refractivity contribution in [1.82, 2.24) is 14.7 Å². The van der Waals surface area contributed by atoms with Crippen molar-refractivity contribution in [1.29, 1.82) is 0 Å². The third-order valence-electron chi connectivity index (χ3n) is 4.17. The van der Waals surface area contributed by atoms with E-state index in [1.165, 1.54) is 0 Å². The molecule has 1 aromatic carbocycles. The monoisotopic (exact) mass is 490 g/mol. The minimum Gasteiger partial charge on any atom is -0.494 e. The van der Waals surface area contributed by atoms with Gasteiger partial charge in [-0.05, 0) is 44.8 Å². The highest BCUT2D eigenvalue weighted by molar-refractivity contribution is 6.67. The Kier molecular flexibility index (Phi) is 8.89. The molecule has 0 fully saturated rings.